The SMILES string of the molecule is CCC(O)CNC(=O)CCCN1C(=O)CN(C)C1=O. The van der Waals surface area contributed by atoms with Gasteiger partial charge in [-0.2, -0.15) is 0 Å². The highest BCUT2D eigenvalue weighted by Crippen LogP contribution is 2.08. The minimum absolute atomic E-state index is 0.105. The molecule has 7 nitrogen and oxygen atoms in total. The molecule has 0 aromatic heterocycles. The van der Waals surface area contributed by atoms with Gasteiger partial charge in [0.1, 0.15) is 6.54 Å². The second kappa shape index (κ2) is 7.08. The third-order valence-electron chi connectivity index (χ3n) is 3.02. The van der Waals surface area contributed by atoms with E-state index in [0.717, 1.165) is 4.90 Å². The Morgan fingerprint density at radius 1 is 1.47 bits per heavy atom. The number of amides is 4. The molecule has 1 saturated heterocycles. The van der Waals surface area contributed by atoms with Crippen molar-refractivity contribution in [1.82, 2.24) is 15.1 Å². The number of aliphatic hydroxyl groups is 1. The van der Waals surface area contributed by atoms with Gasteiger partial charge >= 0.3 is 6.03 Å². The summed E-state index contributed by atoms with van der Waals surface area (Å²) in [5, 5.41) is 11.9. The van der Waals surface area contributed by atoms with Gasteiger partial charge in [-0.05, 0) is 12.8 Å². The third kappa shape index (κ3) is 4.51. The Morgan fingerprint density at radius 3 is 2.68 bits per heavy atom. The first-order valence-electron chi connectivity index (χ1n) is 6.46. The normalized spacial score (nSPS) is 17.0. The molecule has 2 N–H and O–H groups in total. The number of carbonyl (C=O) groups excluding carboxylic acids is 3. The highest BCUT2D eigenvalue weighted by Gasteiger charge is 2.32. The predicted octanol–water partition coefficient (Wildman–Crippen LogP) is -0.452. The van der Waals surface area contributed by atoms with Crippen LogP contribution >= 0.6 is 0 Å². The first kappa shape index (κ1) is 15.4. The number of hydrogen-bond acceptors (Lipinski definition) is 4. The van der Waals surface area contributed by atoms with E-state index in [1.165, 1.54) is 4.90 Å². The van der Waals surface area contributed by atoms with Gasteiger partial charge in [-0.15, -0.1) is 0 Å². The zero-order chi connectivity index (χ0) is 14.4. The Balaban J connectivity index is 2.21. The molecule has 1 aliphatic rings. The number of hydrogen-bond donors (Lipinski definition) is 2. The lowest BCUT2D eigenvalue weighted by molar-refractivity contribution is -0.126. The summed E-state index contributed by atoms with van der Waals surface area (Å²) in [7, 11) is 1.57. The average Bonchev–Trinajstić information content (AvgIpc) is 2.62. The van der Waals surface area contributed by atoms with Gasteiger partial charge in [-0.3, -0.25) is 14.5 Å². The molecule has 0 radical (unpaired) electrons. The Morgan fingerprint density at radius 2 is 2.16 bits per heavy atom. The summed E-state index contributed by atoms with van der Waals surface area (Å²) in [6, 6.07) is -0.313. The quantitative estimate of drug-likeness (QED) is 0.614. The van der Waals surface area contributed by atoms with E-state index in [2.05, 4.69) is 5.32 Å². The van der Waals surface area contributed by atoms with Crippen LogP contribution in [0, 0.1) is 0 Å². The molecule has 0 aromatic carbocycles. The van der Waals surface area contributed by atoms with Gasteiger partial charge in [0.15, 0.2) is 0 Å². The van der Waals surface area contributed by atoms with Crippen molar-refractivity contribution in [3.63, 3.8) is 0 Å². The lowest BCUT2D eigenvalue weighted by Gasteiger charge is -2.14. The molecule has 0 aromatic rings. The second-order valence-corrected chi connectivity index (χ2v) is 4.65. The number of aliphatic hydroxyl groups excluding tert-OH is 1. The van der Waals surface area contributed by atoms with E-state index >= 15 is 0 Å². The summed E-state index contributed by atoms with van der Waals surface area (Å²) in [4.78, 5) is 36.9. The number of urea groups is 1. The van der Waals surface area contributed by atoms with Gasteiger partial charge in [-0.25, -0.2) is 4.79 Å². The Hall–Kier alpha value is -1.63. The lowest BCUT2D eigenvalue weighted by Crippen LogP contribution is -2.34. The molecule has 7 heteroatoms. The van der Waals surface area contributed by atoms with E-state index in [0.29, 0.717) is 12.8 Å². The highest BCUT2D eigenvalue weighted by atomic mass is 16.3. The summed E-state index contributed by atoms with van der Waals surface area (Å²) >= 11 is 0. The minimum Gasteiger partial charge on any atom is -0.391 e. The van der Waals surface area contributed by atoms with Crippen molar-refractivity contribution < 1.29 is 19.5 Å². The number of rotatable bonds is 7. The van der Waals surface area contributed by atoms with E-state index in [4.69, 9.17) is 0 Å². The van der Waals surface area contributed by atoms with Crippen LogP contribution in [0.1, 0.15) is 26.2 Å². The van der Waals surface area contributed by atoms with Gasteiger partial charge in [0.2, 0.25) is 11.8 Å². The van der Waals surface area contributed by atoms with Crippen LogP contribution in [0.15, 0.2) is 0 Å². The zero-order valence-corrected chi connectivity index (χ0v) is 11.4. The molecular weight excluding hydrogens is 250 g/mol. The Labute approximate surface area is 112 Å². The van der Waals surface area contributed by atoms with E-state index in [-0.39, 0.29) is 43.9 Å². The van der Waals surface area contributed by atoms with Gasteiger partial charge in [-0.1, -0.05) is 6.92 Å². The van der Waals surface area contributed by atoms with Crippen molar-refractivity contribution in [2.75, 3.05) is 26.7 Å². The molecule has 1 rings (SSSR count). The molecule has 1 fully saturated rings. The van der Waals surface area contributed by atoms with Crippen LogP contribution in [0.25, 0.3) is 0 Å². The molecule has 0 saturated carbocycles. The van der Waals surface area contributed by atoms with Crippen molar-refractivity contribution >= 4 is 17.8 Å². The molecule has 0 aliphatic carbocycles. The standard InChI is InChI=1S/C12H21N3O4/c1-3-9(16)7-13-10(17)5-4-6-15-11(18)8-14(2)12(15)19/h9,16H,3-8H2,1-2H3,(H,13,17). The molecule has 1 unspecified atom stereocenters. The van der Waals surface area contributed by atoms with Crippen molar-refractivity contribution in [2.45, 2.75) is 32.3 Å². The number of nitrogens with zero attached hydrogens (tertiary/aromatic N) is 2. The summed E-state index contributed by atoms with van der Waals surface area (Å²) < 4.78 is 0. The number of imide groups is 1. The maximum atomic E-state index is 11.5. The van der Waals surface area contributed by atoms with Crippen LogP contribution in [0.2, 0.25) is 0 Å². The number of likely N-dealkylation sites (N-methyl/N-ethyl adjacent to an activating group) is 1. The molecule has 1 heterocycles. The molecule has 0 spiro atoms. The molecule has 4 amide bonds. The molecule has 1 aliphatic heterocycles. The summed E-state index contributed by atoms with van der Waals surface area (Å²) in [5.41, 5.74) is 0. The monoisotopic (exact) mass is 271 g/mol. The average molecular weight is 271 g/mol. The molecular formula is C12H21N3O4. The topological polar surface area (TPSA) is 89.9 Å². The molecule has 19 heavy (non-hydrogen) atoms. The van der Waals surface area contributed by atoms with E-state index in [1.54, 1.807) is 7.05 Å². The van der Waals surface area contributed by atoms with Gasteiger partial charge in [0.05, 0.1) is 6.10 Å². The fourth-order valence-corrected chi connectivity index (χ4v) is 1.75. The van der Waals surface area contributed by atoms with Crippen molar-refractivity contribution in [3.8, 4) is 0 Å². The Bertz CT molecular complexity index is 359. The molecule has 1 atom stereocenters. The number of carbonyl (C=O) groups is 3. The lowest BCUT2D eigenvalue weighted by atomic mass is 10.2. The van der Waals surface area contributed by atoms with E-state index in [1.807, 2.05) is 6.92 Å². The predicted molar refractivity (Wildman–Crippen MR) is 68.3 cm³/mol. The third-order valence-corrected chi connectivity index (χ3v) is 3.02. The Kier molecular flexibility index (Phi) is 5.75. The summed E-state index contributed by atoms with van der Waals surface area (Å²) in [5.74, 6) is -0.408. The van der Waals surface area contributed by atoms with Crippen molar-refractivity contribution in [3.05, 3.63) is 0 Å². The van der Waals surface area contributed by atoms with Crippen LogP contribution < -0.4 is 5.32 Å². The second-order valence-electron chi connectivity index (χ2n) is 4.65. The minimum atomic E-state index is -0.528. The van der Waals surface area contributed by atoms with E-state index in [9.17, 15) is 19.5 Å². The number of nitrogens with one attached hydrogen (secondary N) is 1. The molecule has 108 valence electrons. The molecule has 0 bridgehead atoms. The van der Waals surface area contributed by atoms with Gasteiger partial charge < -0.3 is 15.3 Å². The first-order chi connectivity index (χ1) is 8.95. The van der Waals surface area contributed by atoms with Crippen molar-refractivity contribution in [2.24, 2.45) is 0 Å². The smallest absolute Gasteiger partial charge is 0.326 e. The highest BCUT2D eigenvalue weighted by molar-refractivity contribution is 6.01. The van der Waals surface area contributed by atoms with Crippen LogP contribution in [0.4, 0.5) is 4.79 Å². The zero-order valence-electron chi connectivity index (χ0n) is 11.4. The van der Waals surface area contributed by atoms with Gasteiger partial charge in [0.25, 0.3) is 0 Å². The van der Waals surface area contributed by atoms with E-state index < -0.39 is 6.10 Å². The fraction of sp³-hybridized carbons (Fsp3) is 0.750. The van der Waals surface area contributed by atoms with Crippen LogP contribution in [0.3, 0.4) is 0 Å². The maximum Gasteiger partial charge on any atom is 0.326 e. The van der Waals surface area contributed by atoms with Gasteiger partial charge in [0, 0.05) is 26.6 Å². The summed E-state index contributed by atoms with van der Waals surface area (Å²) in [6.07, 6.45) is 0.722. The summed E-state index contributed by atoms with van der Waals surface area (Å²) in [6.45, 7) is 2.43. The van der Waals surface area contributed by atoms with Crippen LogP contribution in [0.5, 0.6) is 0 Å². The van der Waals surface area contributed by atoms with Crippen molar-refractivity contribution in [1.29, 1.82) is 0 Å². The fourth-order valence-electron chi connectivity index (χ4n) is 1.75. The largest absolute Gasteiger partial charge is 0.391 e. The van der Waals surface area contributed by atoms with Crippen LogP contribution in [-0.2, 0) is 9.59 Å². The first-order valence-corrected chi connectivity index (χ1v) is 6.46. The maximum absolute atomic E-state index is 11.5. The van der Waals surface area contributed by atoms with Crippen LogP contribution in [-0.4, -0.2) is 65.5 Å².